The zero-order valence-corrected chi connectivity index (χ0v) is 11.8. The second-order valence-corrected chi connectivity index (χ2v) is 5.72. The molecule has 1 aliphatic rings. The Morgan fingerprint density at radius 1 is 1.50 bits per heavy atom. The molecule has 0 radical (unpaired) electrons. The van der Waals surface area contributed by atoms with Gasteiger partial charge in [0.2, 0.25) is 0 Å². The molecule has 0 amide bonds. The van der Waals surface area contributed by atoms with Crippen LogP contribution in [0.5, 0.6) is 0 Å². The van der Waals surface area contributed by atoms with E-state index in [0.717, 1.165) is 22.0 Å². The summed E-state index contributed by atoms with van der Waals surface area (Å²) in [7, 11) is 0. The highest BCUT2D eigenvalue weighted by molar-refractivity contribution is 9.10. The Labute approximate surface area is 111 Å². The maximum atomic E-state index is 6.14. The number of benzene rings is 1. The Morgan fingerprint density at radius 2 is 2.25 bits per heavy atom. The van der Waals surface area contributed by atoms with E-state index in [1.165, 1.54) is 24.8 Å². The van der Waals surface area contributed by atoms with Crippen LogP contribution in [-0.4, -0.2) is 6.54 Å². The van der Waals surface area contributed by atoms with Crippen LogP contribution < -0.4 is 5.32 Å². The van der Waals surface area contributed by atoms with Gasteiger partial charge in [0.05, 0.1) is 5.02 Å². The van der Waals surface area contributed by atoms with Gasteiger partial charge < -0.3 is 5.32 Å². The van der Waals surface area contributed by atoms with E-state index in [1.54, 1.807) is 0 Å². The van der Waals surface area contributed by atoms with E-state index in [9.17, 15) is 0 Å². The summed E-state index contributed by atoms with van der Waals surface area (Å²) < 4.78 is 0.972. The highest BCUT2D eigenvalue weighted by Gasteiger charge is 2.26. The lowest BCUT2D eigenvalue weighted by molar-refractivity contribution is 0.487. The van der Waals surface area contributed by atoms with Gasteiger partial charge >= 0.3 is 0 Å². The van der Waals surface area contributed by atoms with Crippen molar-refractivity contribution in [3.8, 4) is 0 Å². The first kappa shape index (κ1) is 12.4. The number of nitrogens with one attached hydrogen (secondary N) is 1. The van der Waals surface area contributed by atoms with Crippen molar-refractivity contribution < 1.29 is 0 Å². The van der Waals surface area contributed by atoms with E-state index in [2.05, 4.69) is 40.3 Å². The van der Waals surface area contributed by atoms with Crippen LogP contribution >= 0.6 is 27.5 Å². The van der Waals surface area contributed by atoms with Gasteiger partial charge in [0.25, 0.3) is 0 Å². The largest absolute Gasteiger partial charge is 0.310 e. The SMILES string of the molecule is CCNC(CC1CC1)c1ccc(Br)c(Cl)c1. The highest BCUT2D eigenvalue weighted by Crippen LogP contribution is 2.38. The van der Waals surface area contributed by atoms with Gasteiger partial charge in [-0.15, -0.1) is 0 Å². The first-order valence-electron chi connectivity index (χ1n) is 5.89. The molecule has 0 heterocycles. The Bertz CT molecular complexity index is 363. The molecule has 0 spiro atoms. The molecule has 88 valence electrons. The van der Waals surface area contributed by atoms with E-state index >= 15 is 0 Å². The number of hydrogen-bond donors (Lipinski definition) is 1. The van der Waals surface area contributed by atoms with E-state index in [1.807, 2.05) is 6.07 Å². The quantitative estimate of drug-likeness (QED) is 0.841. The van der Waals surface area contributed by atoms with Gasteiger partial charge in [-0.05, 0) is 52.5 Å². The van der Waals surface area contributed by atoms with Crippen LogP contribution in [0.1, 0.15) is 37.8 Å². The summed E-state index contributed by atoms with van der Waals surface area (Å²) in [6.45, 7) is 3.16. The average molecular weight is 303 g/mol. The molecule has 0 aliphatic heterocycles. The zero-order valence-electron chi connectivity index (χ0n) is 9.47. The molecule has 0 saturated heterocycles. The first-order valence-corrected chi connectivity index (χ1v) is 7.06. The fraction of sp³-hybridized carbons (Fsp3) is 0.538. The molecule has 16 heavy (non-hydrogen) atoms. The summed E-state index contributed by atoms with van der Waals surface area (Å²) in [6.07, 6.45) is 4.03. The standard InChI is InChI=1S/C13H17BrClN/c1-2-16-13(7-9-3-4-9)10-5-6-11(14)12(15)8-10/h5-6,8-9,13,16H,2-4,7H2,1H3. The fourth-order valence-electron chi connectivity index (χ4n) is 2.00. The van der Waals surface area contributed by atoms with E-state index in [0.29, 0.717) is 6.04 Å². The number of rotatable bonds is 5. The molecule has 1 aromatic rings. The third-order valence-electron chi connectivity index (χ3n) is 3.06. The normalized spacial score (nSPS) is 17.4. The predicted molar refractivity (Wildman–Crippen MR) is 72.9 cm³/mol. The molecule has 2 rings (SSSR count). The predicted octanol–water partition coefficient (Wildman–Crippen LogP) is 4.55. The first-order chi connectivity index (χ1) is 7.70. The van der Waals surface area contributed by atoms with Crippen LogP contribution in [-0.2, 0) is 0 Å². The molecular weight excluding hydrogens is 286 g/mol. The van der Waals surface area contributed by atoms with Crippen molar-refractivity contribution in [2.24, 2.45) is 5.92 Å². The summed E-state index contributed by atoms with van der Waals surface area (Å²) >= 11 is 9.56. The fourth-order valence-corrected chi connectivity index (χ4v) is 2.44. The smallest absolute Gasteiger partial charge is 0.0551 e. The van der Waals surface area contributed by atoms with Gasteiger partial charge in [-0.1, -0.05) is 37.4 Å². The van der Waals surface area contributed by atoms with Gasteiger partial charge in [-0.2, -0.15) is 0 Å². The maximum absolute atomic E-state index is 6.14. The van der Waals surface area contributed by atoms with Gasteiger partial charge in [0, 0.05) is 10.5 Å². The van der Waals surface area contributed by atoms with E-state index < -0.39 is 0 Å². The topological polar surface area (TPSA) is 12.0 Å². The lowest BCUT2D eigenvalue weighted by Crippen LogP contribution is -2.21. The molecule has 3 heteroatoms. The van der Waals surface area contributed by atoms with Crippen molar-refractivity contribution in [3.05, 3.63) is 33.3 Å². The van der Waals surface area contributed by atoms with Crippen LogP contribution in [0.3, 0.4) is 0 Å². The van der Waals surface area contributed by atoms with Gasteiger partial charge in [-0.3, -0.25) is 0 Å². The molecule has 1 aromatic carbocycles. The molecule has 0 aromatic heterocycles. The third-order valence-corrected chi connectivity index (χ3v) is 4.29. The minimum absolute atomic E-state index is 0.461. The second kappa shape index (κ2) is 5.52. The average Bonchev–Trinajstić information content (AvgIpc) is 3.05. The molecule has 1 saturated carbocycles. The van der Waals surface area contributed by atoms with Gasteiger partial charge in [0.1, 0.15) is 0 Å². The van der Waals surface area contributed by atoms with E-state index in [4.69, 9.17) is 11.6 Å². The monoisotopic (exact) mass is 301 g/mol. The Morgan fingerprint density at radius 3 is 2.81 bits per heavy atom. The summed E-state index contributed by atoms with van der Waals surface area (Å²) in [5.74, 6) is 0.923. The number of hydrogen-bond acceptors (Lipinski definition) is 1. The third kappa shape index (κ3) is 3.22. The van der Waals surface area contributed by atoms with Crippen LogP contribution in [0, 0.1) is 5.92 Å². The minimum Gasteiger partial charge on any atom is -0.310 e. The minimum atomic E-state index is 0.461. The van der Waals surface area contributed by atoms with Crippen molar-refractivity contribution in [1.29, 1.82) is 0 Å². The van der Waals surface area contributed by atoms with Gasteiger partial charge in [0.15, 0.2) is 0 Å². The Hall–Kier alpha value is -0.0500. The second-order valence-electron chi connectivity index (χ2n) is 4.46. The molecule has 0 bridgehead atoms. The highest BCUT2D eigenvalue weighted by atomic mass is 79.9. The summed E-state index contributed by atoms with van der Waals surface area (Å²) in [5, 5.41) is 4.35. The summed E-state index contributed by atoms with van der Waals surface area (Å²) in [4.78, 5) is 0. The summed E-state index contributed by atoms with van der Waals surface area (Å²) in [6, 6.07) is 6.73. The lowest BCUT2D eigenvalue weighted by atomic mass is 10.0. The molecule has 1 fully saturated rings. The van der Waals surface area contributed by atoms with Crippen molar-refractivity contribution in [2.45, 2.75) is 32.2 Å². The van der Waals surface area contributed by atoms with Crippen LogP contribution in [0.4, 0.5) is 0 Å². The van der Waals surface area contributed by atoms with Crippen molar-refractivity contribution in [2.75, 3.05) is 6.54 Å². The molecular formula is C13H17BrClN. The van der Waals surface area contributed by atoms with Crippen LogP contribution in [0.15, 0.2) is 22.7 Å². The Balaban J connectivity index is 2.12. The maximum Gasteiger partial charge on any atom is 0.0551 e. The lowest BCUT2D eigenvalue weighted by Gasteiger charge is -2.18. The van der Waals surface area contributed by atoms with Crippen molar-refractivity contribution in [1.82, 2.24) is 5.32 Å². The molecule has 1 aliphatic carbocycles. The Kier molecular flexibility index (Phi) is 4.28. The molecule has 1 atom stereocenters. The number of halogens is 2. The van der Waals surface area contributed by atoms with Crippen molar-refractivity contribution in [3.63, 3.8) is 0 Å². The van der Waals surface area contributed by atoms with Gasteiger partial charge in [-0.25, -0.2) is 0 Å². The zero-order chi connectivity index (χ0) is 11.5. The van der Waals surface area contributed by atoms with E-state index in [-0.39, 0.29) is 0 Å². The van der Waals surface area contributed by atoms with Crippen molar-refractivity contribution >= 4 is 27.5 Å². The molecule has 1 unspecified atom stereocenters. The molecule has 1 nitrogen and oxygen atoms in total. The van der Waals surface area contributed by atoms with Crippen LogP contribution in [0.2, 0.25) is 5.02 Å². The van der Waals surface area contributed by atoms with Crippen LogP contribution in [0.25, 0.3) is 0 Å². The summed E-state index contributed by atoms with van der Waals surface area (Å²) in [5.41, 5.74) is 1.31. The molecule has 1 N–H and O–H groups in total.